The quantitative estimate of drug-likeness (QED) is 0.773. The molecule has 1 aliphatic heterocycles. The number of piperidine rings is 1. The van der Waals surface area contributed by atoms with E-state index in [-0.39, 0.29) is 41.2 Å². The highest BCUT2D eigenvalue weighted by Crippen LogP contribution is 2.29. The van der Waals surface area contributed by atoms with Crippen molar-refractivity contribution in [2.75, 3.05) is 19.7 Å². The lowest BCUT2D eigenvalue weighted by Gasteiger charge is -2.42. The molecule has 1 aromatic heterocycles. The predicted octanol–water partition coefficient (Wildman–Crippen LogP) is 2.98. The third-order valence-corrected chi connectivity index (χ3v) is 4.31. The molecule has 10 heteroatoms. The van der Waals surface area contributed by atoms with Gasteiger partial charge in [-0.1, -0.05) is 13.8 Å². The maximum absolute atomic E-state index is 12.8. The van der Waals surface area contributed by atoms with Crippen LogP contribution in [0.1, 0.15) is 30.6 Å². The summed E-state index contributed by atoms with van der Waals surface area (Å²) in [6, 6.07) is 2.57. The van der Waals surface area contributed by atoms with E-state index < -0.39 is 19.0 Å². The van der Waals surface area contributed by atoms with Crippen molar-refractivity contribution in [3.05, 3.63) is 23.9 Å². The van der Waals surface area contributed by atoms with Crippen molar-refractivity contribution >= 4 is 18.3 Å². The average molecular weight is 400 g/mol. The Morgan fingerprint density at radius 1 is 1.46 bits per heavy atom. The van der Waals surface area contributed by atoms with E-state index >= 15 is 0 Å². The summed E-state index contributed by atoms with van der Waals surface area (Å²) in [4.78, 5) is 17.9. The summed E-state index contributed by atoms with van der Waals surface area (Å²) >= 11 is 0. The molecule has 0 spiro atoms. The molecule has 1 saturated heterocycles. The highest BCUT2D eigenvalue weighted by atomic mass is 35.5. The van der Waals surface area contributed by atoms with E-state index in [0.717, 1.165) is 0 Å². The molecule has 1 fully saturated rings. The molecule has 0 saturated carbocycles. The second-order valence-electron chi connectivity index (χ2n) is 6.85. The topological polar surface area (TPSA) is 68.5 Å². The number of carbonyl (C=O) groups is 1. The van der Waals surface area contributed by atoms with Crippen LogP contribution in [0.4, 0.5) is 17.6 Å². The van der Waals surface area contributed by atoms with E-state index in [1.165, 1.54) is 18.3 Å². The van der Waals surface area contributed by atoms with Crippen LogP contribution in [-0.2, 0) is 0 Å². The molecule has 5 nitrogen and oxygen atoms in total. The van der Waals surface area contributed by atoms with Crippen LogP contribution in [-0.4, -0.2) is 53.9 Å². The zero-order valence-electron chi connectivity index (χ0n) is 14.4. The van der Waals surface area contributed by atoms with Crippen molar-refractivity contribution in [2.24, 2.45) is 11.1 Å². The normalized spacial score (nSPS) is 19.8. The molecular weight excluding hydrogens is 378 g/mol. The Labute approximate surface area is 155 Å². The number of hydrogen-bond donors (Lipinski definition) is 1. The first-order chi connectivity index (χ1) is 11.5. The van der Waals surface area contributed by atoms with Crippen LogP contribution in [0.5, 0.6) is 5.88 Å². The Morgan fingerprint density at radius 2 is 2.12 bits per heavy atom. The largest absolute Gasteiger partial charge is 0.471 e. The predicted molar refractivity (Wildman–Crippen MR) is 90.2 cm³/mol. The van der Waals surface area contributed by atoms with Gasteiger partial charge in [0.05, 0.1) is 5.56 Å². The number of hydrogen-bond acceptors (Lipinski definition) is 4. The molecule has 0 radical (unpaired) electrons. The van der Waals surface area contributed by atoms with E-state index in [4.69, 9.17) is 5.73 Å². The number of likely N-dealkylation sites (tertiary alicyclic amines) is 1. The number of amides is 1. The van der Waals surface area contributed by atoms with Crippen molar-refractivity contribution in [2.45, 2.75) is 38.7 Å². The van der Waals surface area contributed by atoms with Crippen molar-refractivity contribution in [3.63, 3.8) is 0 Å². The maximum Gasteiger partial charge on any atom is 0.340 e. The number of alkyl halides is 4. The van der Waals surface area contributed by atoms with Crippen molar-refractivity contribution < 1.29 is 27.1 Å². The number of ether oxygens (including phenoxy) is 1. The number of rotatable bonds is 5. The lowest BCUT2D eigenvalue weighted by molar-refractivity contribution is -0.148. The van der Waals surface area contributed by atoms with Gasteiger partial charge in [-0.2, -0.15) is 8.78 Å². The lowest BCUT2D eigenvalue weighted by Crippen LogP contribution is -2.54. The fourth-order valence-electron chi connectivity index (χ4n) is 2.56. The van der Waals surface area contributed by atoms with Crippen molar-refractivity contribution in [3.8, 4) is 5.88 Å². The zero-order chi connectivity index (χ0) is 18.8. The second-order valence-corrected chi connectivity index (χ2v) is 6.85. The summed E-state index contributed by atoms with van der Waals surface area (Å²) in [6.07, 6.45) is -1.96. The molecule has 0 aromatic carbocycles. The summed E-state index contributed by atoms with van der Waals surface area (Å²) in [6.45, 7) is 3.49. The first-order valence-corrected chi connectivity index (χ1v) is 7.82. The van der Waals surface area contributed by atoms with Gasteiger partial charge in [0, 0.05) is 31.4 Å². The van der Waals surface area contributed by atoms with E-state index in [0.29, 0.717) is 19.5 Å². The van der Waals surface area contributed by atoms with Crippen LogP contribution in [0.2, 0.25) is 0 Å². The minimum absolute atomic E-state index is 0. The SMILES string of the molecule is CC1(C)CN(C(=O)c2ccc(OCC(F)(F)C(F)F)nc2)CCC1N.Cl. The molecule has 148 valence electrons. The summed E-state index contributed by atoms with van der Waals surface area (Å²) < 4.78 is 54.3. The molecule has 0 bridgehead atoms. The lowest BCUT2D eigenvalue weighted by atomic mass is 9.79. The number of aromatic nitrogens is 1. The van der Waals surface area contributed by atoms with Gasteiger partial charge >= 0.3 is 12.3 Å². The summed E-state index contributed by atoms with van der Waals surface area (Å²) in [5, 5.41) is 0. The number of halogens is 5. The minimum atomic E-state index is -4.26. The van der Waals surface area contributed by atoms with Gasteiger partial charge in [-0.05, 0) is 17.9 Å². The fraction of sp³-hybridized carbons (Fsp3) is 0.625. The molecule has 1 amide bonds. The van der Waals surface area contributed by atoms with Gasteiger partial charge < -0.3 is 15.4 Å². The van der Waals surface area contributed by atoms with Crippen LogP contribution in [0.3, 0.4) is 0 Å². The highest BCUT2D eigenvalue weighted by Gasteiger charge is 2.42. The second kappa shape index (κ2) is 8.39. The number of nitrogens with zero attached hydrogens (tertiary/aromatic N) is 2. The standard InChI is InChI=1S/C16H21F4N3O2.ClH/c1-15(2)8-23(6-5-11(15)21)13(24)10-3-4-12(22-7-10)25-9-16(19,20)14(17)18;/h3-4,7,11,14H,5-6,8-9,21H2,1-2H3;1H. The van der Waals surface area contributed by atoms with Gasteiger partial charge in [0.1, 0.15) is 0 Å². The van der Waals surface area contributed by atoms with Gasteiger partial charge in [0.25, 0.3) is 5.91 Å². The molecular formula is C16H22ClF4N3O2. The molecule has 1 aliphatic rings. The Balaban J connectivity index is 0.00000338. The first kappa shape index (κ1) is 22.4. The zero-order valence-corrected chi connectivity index (χ0v) is 15.2. The first-order valence-electron chi connectivity index (χ1n) is 7.82. The third kappa shape index (κ3) is 5.20. The Morgan fingerprint density at radius 3 is 2.62 bits per heavy atom. The van der Waals surface area contributed by atoms with E-state index in [1.54, 1.807) is 4.90 Å². The van der Waals surface area contributed by atoms with E-state index in [1.807, 2.05) is 13.8 Å². The smallest absolute Gasteiger partial charge is 0.340 e. The van der Waals surface area contributed by atoms with E-state index in [2.05, 4.69) is 9.72 Å². The Hall–Kier alpha value is -1.61. The van der Waals surface area contributed by atoms with Crippen LogP contribution in [0, 0.1) is 5.41 Å². The number of pyridine rings is 1. The van der Waals surface area contributed by atoms with Gasteiger partial charge in [-0.15, -0.1) is 12.4 Å². The molecule has 2 rings (SSSR count). The minimum Gasteiger partial charge on any atom is -0.471 e. The van der Waals surface area contributed by atoms with Gasteiger partial charge in [-0.25, -0.2) is 13.8 Å². The van der Waals surface area contributed by atoms with Crippen LogP contribution < -0.4 is 10.5 Å². The summed E-state index contributed by atoms with van der Waals surface area (Å²) in [7, 11) is 0. The van der Waals surface area contributed by atoms with Gasteiger partial charge in [0.15, 0.2) is 6.61 Å². The molecule has 2 heterocycles. The van der Waals surface area contributed by atoms with Crippen LogP contribution in [0.25, 0.3) is 0 Å². The third-order valence-electron chi connectivity index (χ3n) is 4.31. The van der Waals surface area contributed by atoms with Crippen LogP contribution >= 0.6 is 12.4 Å². The van der Waals surface area contributed by atoms with Gasteiger partial charge in [0.2, 0.25) is 5.88 Å². The number of nitrogens with two attached hydrogens (primary N) is 1. The highest BCUT2D eigenvalue weighted by molar-refractivity contribution is 5.94. The van der Waals surface area contributed by atoms with Gasteiger partial charge in [-0.3, -0.25) is 4.79 Å². The Kier molecular flexibility index (Phi) is 7.24. The Bertz CT molecular complexity index is 614. The molecule has 1 atom stereocenters. The number of carbonyl (C=O) groups excluding carboxylic acids is 1. The molecule has 1 aromatic rings. The van der Waals surface area contributed by atoms with E-state index in [9.17, 15) is 22.4 Å². The van der Waals surface area contributed by atoms with Crippen molar-refractivity contribution in [1.82, 2.24) is 9.88 Å². The monoisotopic (exact) mass is 399 g/mol. The molecule has 2 N–H and O–H groups in total. The molecule has 26 heavy (non-hydrogen) atoms. The summed E-state index contributed by atoms with van der Waals surface area (Å²) in [5.74, 6) is -4.76. The summed E-state index contributed by atoms with van der Waals surface area (Å²) in [5.41, 5.74) is 6.09. The molecule has 0 aliphatic carbocycles. The van der Waals surface area contributed by atoms with Crippen LogP contribution in [0.15, 0.2) is 18.3 Å². The maximum atomic E-state index is 12.8. The fourth-order valence-corrected chi connectivity index (χ4v) is 2.56. The van der Waals surface area contributed by atoms with Crippen molar-refractivity contribution in [1.29, 1.82) is 0 Å². The molecule has 1 unspecified atom stereocenters. The average Bonchev–Trinajstić information content (AvgIpc) is 2.55.